The molecule has 2 rings (SSSR count). The SMILES string of the molecule is O=C(Nc1ccc([N+](=O)[O-])cc1C(=O)O)c1cscn1. The van der Waals surface area contributed by atoms with Crippen molar-refractivity contribution in [3.63, 3.8) is 0 Å². The Kier molecular flexibility index (Phi) is 3.71. The molecule has 0 spiro atoms. The Bertz CT molecular complexity index is 683. The van der Waals surface area contributed by atoms with Gasteiger partial charge in [-0.15, -0.1) is 11.3 Å². The summed E-state index contributed by atoms with van der Waals surface area (Å²) in [5.74, 6) is -1.95. The largest absolute Gasteiger partial charge is 0.478 e. The van der Waals surface area contributed by atoms with Crippen LogP contribution < -0.4 is 5.32 Å². The molecule has 0 bridgehead atoms. The van der Waals surface area contributed by atoms with Crippen LogP contribution in [0.3, 0.4) is 0 Å². The van der Waals surface area contributed by atoms with E-state index >= 15 is 0 Å². The molecular formula is C11H7N3O5S. The zero-order chi connectivity index (χ0) is 14.7. The van der Waals surface area contributed by atoms with Crippen molar-refractivity contribution in [2.45, 2.75) is 0 Å². The molecule has 2 N–H and O–H groups in total. The summed E-state index contributed by atoms with van der Waals surface area (Å²) in [5.41, 5.74) is 0.852. The number of thiazole rings is 1. The number of nitro groups is 1. The number of hydrogen-bond donors (Lipinski definition) is 2. The van der Waals surface area contributed by atoms with Crippen molar-refractivity contribution in [3.05, 3.63) is 50.5 Å². The molecule has 20 heavy (non-hydrogen) atoms. The number of carbonyl (C=O) groups excluding carboxylic acids is 1. The molecule has 0 radical (unpaired) electrons. The van der Waals surface area contributed by atoms with E-state index in [0.717, 1.165) is 12.1 Å². The third kappa shape index (κ3) is 2.78. The van der Waals surface area contributed by atoms with Crippen molar-refractivity contribution >= 4 is 34.6 Å². The van der Waals surface area contributed by atoms with E-state index < -0.39 is 16.8 Å². The Morgan fingerprint density at radius 1 is 1.40 bits per heavy atom. The van der Waals surface area contributed by atoms with Gasteiger partial charge in [0.2, 0.25) is 0 Å². The van der Waals surface area contributed by atoms with Crippen LogP contribution in [0, 0.1) is 10.1 Å². The first kappa shape index (κ1) is 13.6. The van der Waals surface area contributed by atoms with Crippen LogP contribution in [0.4, 0.5) is 11.4 Å². The van der Waals surface area contributed by atoms with Crippen LogP contribution in [0.15, 0.2) is 29.1 Å². The minimum atomic E-state index is -1.37. The molecule has 9 heteroatoms. The highest BCUT2D eigenvalue weighted by Gasteiger charge is 2.18. The van der Waals surface area contributed by atoms with Gasteiger partial charge in [0.1, 0.15) is 5.69 Å². The Balaban J connectivity index is 2.34. The van der Waals surface area contributed by atoms with Gasteiger partial charge in [-0.3, -0.25) is 14.9 Å². The second-order valence-electron chi connectivity index (χ2n) is 3.62. The van der Waals surface area contributed by atoms with Gasteiger partial charge in [0.05, 0.1) is 21.7 Å². The summed E-state index contributed by atoms with van der Waals surface area (Å²) in [6.45, 7) is 0. The molecule has 1 heterocycles. The zero-order valence-corrected chi connectivity index (χ0v) is 10.6. The van der Waals surface area contributed by atoms with E-state index in [0.29, 0.717) is 0 Å². The number of non-ortho nitro benzene ring substituents is 1. The molecule has 0 aliphatic carbocycles. The molecule has 0 saturated carbocycles. The smallest absolute Gasteiger partial charge is 0.338 e. The number of amides is 1. The molecular weight excluding hydrogens is 286 g/mol. The third-order valence-corrected chi connectivity index (χ3v) is 2.94. The highest BCUT2D eigenvalue weighted by molar-refractivity contribution is 7.07. The summed E-state index contributed by atoms with van der Waals surface area (Å²) in [7, 11) is 0. The fraction of sp³-hybridized carbons (Fsp3) is 0. The summed E-state index contributed by atoms with van der Waals surface area (Å²) < 4.78 is 0. The monoisotopic (exact) mass is 293 g/mol. The van der Waals surface area contributed by atoms with Gasteiger partial charge in [0.15, 0.2) is 0 Å². The molecule has 102 valence electrons. The fourth-order valence-corrected chi connectivity index (χ4v) is 1.97. The molecule has 1 aromatic carbocycles. The van der Waals surface area contributed by atoms with Gasteiger partial charge in [-0.25, -0.2) is 9.78 Å². The van der Waals surface area contributed by atoms with E-state index in [2.05, 4.69) is 10.3 Å². The maximum absolute atomic E-state index is 11.8. The number of benzene rings is 1. The molecule has 0 aliphatic heterocycles. The zero-order valence-electron chi connectivity index (χ0n) is 9.77. The van der Waals surface area contributed by atoms with Gasteiger partial charge in [0, 0.05) is 17.5 Å². The highest BCUT2D eigenvalue weighted by Crippen LogP contribution is 2.22. The van der Waals surface area contributed by atoms with Crippen molar-refractivity contribution in [1.82, 2.24) is 4.98 Å². The van der Waals surface area contributed by atoms with E-state index in [1.54, 1.807) is 0 Å². The Labute approximate surface area is 115 Å². The number of rotatable bonds is 4. The first-order chi connectivity index (χ1) is 9.49. The van der Waals surface area contributed by atoms with Crippen molar-refractivity contribution in [2.24, 2.45) is 0 Å². The summed E-state index contributed by atoms with van der Waals surface area (Å²) in [6, 6.07) is 3.17. The fourth-order valence-electron chi connectivity index (χ4n) is 1.44. The van der Waals surface area contributed by atoms with E-state index in [4.69, 9.17) is 5.11 Å². The standard InChI is InChI=1S/C11H7N3O5S/c15-10(9-4-20-5-12-9)13-8-2-1-6(14(18)19)3-7(8)11(16)17/h1-5H,(H,13,15)(H,16,17). The predicted octanol–water partition coefficient (Wildman–Crippen LogP) is 2.00. The maximum atomic E-state index is 11.8. The lowest BCUT2D eigenvalue weighted by atomic mass is 10.1. The molecule has 2 aromatic rings. The lowest BCUT2D eigenvalue weighted by Gasteiger charge is -2.07. The summed E-state index contributed by atoms with van der Waals surface area (Å²) in [5, 5.41) is 23.5. The van der Waals surface area contributed by atoms with Crippen molar-refractivity contribution < 1.29 is 19.6 Å². The Morgan fingerprint density at radius 2 is 2.15 bits per heavy atom. The van der Waals surface area contributed by atoms with Crippen molar-refractivity contribution in [3.8, 4) is 0 Å². The number of carboxylic acid groups (broad SMARTS) is 1. The minimum Gasteiger partial charge on any atom is -0.478 e. The molecule has 0 fully saturated rings. The number of hydrogen-bond acceptors (Lipinski definition) is 6. The molecule has 0 unspecified atom stereocenters. The Morgan fingerprint density at radius 3 is 2.70 bits per heavy atom. The Hall–Kier alpha value is -2.81. The minimum absolute atomic E-state index is 0.0268. The second kappa shape index (κ2) is 5.45. The van der Waals surface area contributed by atoms with E-state index in [9.17, 15) is 19.7 Å². The molecule has 0 atom stereocenters. The van der Waals surface area contributed by atoms with Crippen LogP contribution in [0.2, 0.25) is 0 Å². The van der Waals surface area contributed by atoms with Gasteiger partial charge in [-0.2, -0.15) is 0 Å². The van der Waals surface area contributed by atoms with Crippen LogP contribution in [0.25, 0.3) is 0 Å². The van der Waals surface area contributed by atoms with E-state index in [1.807, 2.05) is 0 Å². The average molecular weight is 293 g/mol. The lowest BCUT2D eigenvalue weighted by molar-refractivity contribution is -0.384. The maximum Gasteiger partial charge on any atom is 0.338 e. The van der Waals surface area contributed by atoms with Crippen LogP contribution >= 0.6 is 11.3 Å². The molecule has 8 nitrogen and oxygen atoms in total. The average Bonchev–Trinajstić information content (AvgIpc) is 2.92. The van der Waals surface area contributed by atoms with Crippen LogP contribution in [0.5, 0.6) is 0 Å². The number of nitrogens with one attached hydrogen (secondary N) is 1. The first-order valence-electron chi connectivity index (χ1n) is 5.20. The van der Waals surface area contributed by atoms with Gasteiger partial charge in [-0.1, -0.05) is 0 Å². The van der Waals surface area contributed by atoms with Crippen molar-refractivity contribution in [2.75, 3.05) is 5.32 Å². The van der Waals surface area contributed by atoms with Gasteiger partial charge >= 0.3 is 5.97 Å². The first-order valence-corrected chi connectivity index (χ1v) is 6.14. The highest BCUT2D eigenvalue weighted by atomic mass is 32.1. The van der Waals surface area contributed by atoms with Crippen LogP contribution in [0.1, 0.15) is 20.8 Å². The number of anilines is 1. The number of nitrogens with zero attached hydrogens (tertiary/aromatic N) is 2. The molecule has 0 aliphatic rings. The predicted molar refractivity (Wildman–Crippen MR) is 70.1 cm³/mol. The van der Waals surface area contributed by atoms with E-state index in [1.165, 1.54) is 28.3 Å². The second-order valence-corrected chi connectivity index (χ2v) is 4.34. The van der Waals surface area contributed by atoms with Gasteiger partial charge in [-0.05, 0) is 6.07 Å². The number of carboxylic acids is 1. The summed E-state index contributed by atoms with van der Waals surface area (Å²) in [6.07, 6.45) is 0. The van der Waals surface area contributed by atoms with E-state index in [-0.39, 0.29) is 22.6 Å². The molecule has 0 saturated heterocycles. The number of carbonyl (C=O) groups is 2. The van der Waals surface area contributed by atoms with Gasteiger partial charge in [0.25, 0.3) is 11.6 Å². The molecule has 1 amide bonds. The third-order valence-electron chi connectivity index (χ3n) is 2.36. The summed E-state index contributed by atoms with van der Waals surface area (Å²) in [4.78, 5) is 36.5. The molecule has 1 aromatic heterocycles. The van der Waals surface area contributed by atoms with Crippen LogP contribution in [-0.2, 0) is 0 Å². The van der Waals surface area contributed by atoms with Crippen molar-refractivity contribution in [1.29, 1.82) is 0 Å². The van der Waals surface area contributed by atoms with Crippen LogP contribution in [-0.4, -0.2) is 26.9 Å². The summed E-state index contributed by atoms with van der Waals surface area (Å²) >= 11 is 1.22. The van der Waals surface area contributed by atoms with Gasteiger partial charge < -0.3 is 10.4 Å². The lowest BCUT2D eigenvalue weighted by Crippen LogP contribution is -2.15. The number of nitro benzene ring substituents is 1. The normalized spacial score (nSPS) is 10.0. The number of aromatic carboxylic acids is 1. The topological polar surface area (TPSA) is 122 Å². The quantitative estimate of drug-likeness (QED) is 0.656. The number of aromatic nitrogens is 1.